The molecule has 26 heavy (non-hydrogen) atoms. The molecule has 0 saturated heterocycles. The van der Waals surface area contributed by atoms with Gasteiger partial charge in [0.1, 0.15) is 0 Å². The molecule has 0 N–H and O–H groups in total. The first-order valence-corrected chi connectivity index (χ1v) is 10.5. The molecular weight excluding hydrogens is 347 g/mol. The second-order valence-corrected chi connectivity index (χ2v) is 7.18. The molecule has 0 saturated carbocycles. The number of hydrogen-bond donors (Lipinski definition) is 0. The zero-order chi connectivity index (χ0) is 19.4. The van der Waals surface area contributed by atoms with Gasteiger partial charge in [0.05, 0.1) is 28.4 Å². The quantitative estimate of drug-likeness (QED) is 0.310. The van der Waals surface area contributed by atoms with Crippen molar-refractivity contribution >= 4 is 9.24 Å². The van der Waals surface area contributed by atoms with Crippen LogP contribution in [0.5, 0.6) is 23.0 Å². The van der Waals surface area contributed by atoms with Crippen molar-refractivity contribution in [3.05, 3.63) is 11.1 Å². The molecule has 5 heteroatoms. The lowest BCUT2D eigenvalue weighted by Crippen LogP contribution is -2.05. The first-order valence-electron chi connectivity index (χ1n) is 9.71. The molecule has 150 valence electrons. The van der Waals surface area contributed by atoms with E-state index in [-0.39, 0.29) is 0 Å². The maximum absolute atomic E-state index is 5.66. The van der Waals surface area contributed by atoms with Gasteiger partial charge in [0.15, 0.2) is 11.5 Å². The maximum atomic E-state index is 5.66. The highest BCUT2D eigenvalue weighted by atomic mass is 31.0. The number of benzene rings is 1. The maximum Gasteiger partial charge on any atom is 0.207 e. The van der Waals surface area contributed by atoms with Crippen LogP contribution in [0.25, 0.3) is 0 Å². The Morgan fingerprint density at radius 2 is 1.00 bits per heavy atom. The minimum absolute atomic E-state index is 0.596. The van der Waals surface area contributed by atoms with Crippen LogP contribution in [-0.4, -0.2) is 34.6 Å². The summed E-state index contributed by atoms with van der Waals surface area (Å²) in [5, 5.41) is 0. The normalized spacial score (nSPS) is 10.7. The van der Waals surface area contributed by atoms with E-state index in [4.69, 9.17) is 18.9 Å². The van der Waals surface area contributed by atoms with Crippen LogP contribution in [0.3, 0.4) is 0 Å². The summed E-state index contributed by atoms with van der Waals surface area (Å²) in [5.41, 5.74) is 2.22. The van der Waals surface area contributed by atoms with Gasteiger partial charge in [-0.25, -0.2) is 0 Å². The SMILES string of the molecule is COc1c(C)c(CCCCCCCCCCP)c(OC)c(OC)c1OC. The fraction of sp³-hybridized carbons (Fsp3) is 0.714. The van der Waals surface area contributed by atoms with Crippen LogP contribution in [-0.2, 0) is 6.42 Å². The average Bonchev–Trinajstić information content (AvgIpc) is 2.66. The topological polar surface area (TPSA) is 36.9 Å². The Morgan fingerprint density at radius 3 is 1.46 bits per heavy atom. The minimum atomic E-state index is 0.596. The smallest absolute Gasteiger partial charge is 0.207 e. The third-order valence-electron chi connectivity index (χ3n) is 4.88. The van der Waals surface area contributed by atoms with E-state index in [1.807, 2.05) is 0 Å². The molecule has 1 rings (SSSR count). The molecule has 1 aromatic rings. The fourth-order valence-corrected chi connectivity index (χ4v) is 3.75. The Bertz CT molecular complexity index is 531. The van der Waals surface area contributed by atoms with Crippen LogP contribution in [0.4, 0.5) is 0 Å². The molecule has 1 unspecified atom stereocenters. The molecule has 0 heterocycles. The lowest BCUT2D eigenvalue weighted by atomic mass is 9.98. The summed E-state index contributed by atoms with van der Waals surface area (Å²) in [6.07, 6.45) is 12.6. The molecule has 0 radical (unpaired) electrons. The number of ether oxygens (including phenoxy) is 4. The molecule has 0 aliphatic heterocycles. The van der Waals surface area contributed by atoms with Crippen LogP contribution in [0.15, 0.2) is 0 Å². The lowest BCUT2D eigenvalue weighted by Gasteiger charge is -2.21. The molecule has 0 fully saturated rings. The zero-order valence-corrected chi connectivity index (χ0v) is 18.4. The van der Waals surface area contributed by atoms with E-state index >= 15 is 0 Å². The summed E-state index contributed by atoms with van der Waals surface area (Å²) >= 11 is 0. The number of unbranched alkanes of at least 4 members (excludes halogenated alkanes) is 7. The molecular formula is C21H37O4P. The molecule has 0 aliphatic carbocycles. The summed E-state index contributed by atoms with van der Waals surface area (Å²) < 4.78 is 22.3. The van der Waals surface area contributed by atoms with E-state index in [9.17, 15) is 0 Å². The number of hydrogen-bond acceptors (Lipinski definition) is 4. The van der Waals surface area contributed by atoms with E-state index in [0.29, 0.717) is 11.5 Å². The summed E-state index contributed by atoms with van der Waals surface area (Å²) in [6, 6.07) is 0. The van der Waals surface area contributed by atoms with Gasteiger partial charge in [-0.3, -0.25) is 0 Å². The van der Waals surface area contributed by atoms with Crippen LogP contribution < -0.4 is 18.9 Å². The molecule has 0 aromatic heterocycles. The predicted molar refractivity (Wildman–Crippen MR) is 113 cm³/mol. The largest absolute Gasteiger partial charge is 0.492 e. The number of methoxy groups -OCH3 is 4. The van der Waals surface area contributed by atoms with E-state index < -0.39 is 0 Å². The molecule has 1 atom stereocenters. The molecule has 0 amide bonds. The molecule has 0 spiro atoms. The average molecular weight is 384 g/mol. The van der Waals surface area contributed by atoms with Gasteiger partial charge in [-0.1, -0.05) is 38.5 Å². The predicted octanol–water partition coefficient (Wildman–Crippen LogP) is 5.57. The van der Waals surface area contributed by atoms with E-state index in [2.05, 4.69) is 16.2 Å². The first kappa shape index (κ1) is 22.9. The second-order valence-electron chi connectivity index (χ2n) is 6.60. The summed E-state index contributed by atoms with van der Waals surface area (Å²) in [4.78, 5) is 0. The van der Waals surface area contributed by atoms with Crippen LogP contribution in [0, 0.1) is 6.92 Å². The molecule has 0 bridgehead atoms. The Kier molecular flexibility index (Phi) is 11.5. The lowest BCUT2D eigenvalue weighted by molar-refractivity contribution is 0.302. The Morgan fingerprint density at radius 1 is 0.577 bits per heavy atom. The van der Waals surface area contributed by atoms with Gasteiger partial charge in [0, 0.05) is 11.1 Å². The van der Waals surface area contributed by atoms with Gasteiger partial charge in [0.2, 0.25) is 11.5 Å². The summed E-state index contributed by atoms with van der Waals surface area (Å²) in [7, 11) is 9.41. The van der Waals surface area contributed by atoms with Crippen molar-refractivity contribution in [1.82, 2.24) is 0 Å². The van der Waals surface area contributed by atoms with Crippen LogP contribution in [0.1, 0.15) is 62.5 Å². The van der Waals surface area contributed by atoms with Crippen molar-refractivity contribution in [2.75, 3.05) is 34.6 Å². The zero-order valence-electron chi connectivity index (χ0n) is 17.3. The highest BCUT2D eigenvalue weighted by Crippen LogP contribution is 2.49. The van der Waals surface area contributed by atoms with Gasteiger partial charge < -0.3 is 18.9 Å². The van der Waals surface area contributed by atoms with Crippen molar-refractivity contribution in [3.8, 4) is 23.0 Å². The second kappa shape index (κ2) is 13.1. The fourth-order valence-electron chi connectivity index (χ4n) is 3.46. The van der Waals surface area contributed by atoms with Crippen molar-refractivity contribution < 1.29 is 18.9 Å². The van der Waals surface area contributed by atoms with Gasteiger partial charge >= 0.3 is 0 Å². The van der Waals surface area contributed by atoms with Gasteiger partial charge in [-0.15, -0.1) is 9.24 Å². The van der Waals surface area contributed by atoms with Crippen molar-refractivity contribution in [3.63, 3.8) is 0 Å². The van der Waals surface area contributed by atoms with Gasteiger partial charge in [-0.05, 0) is 32.3 Å². The molecule has 1 aromatic carbocycles. The third kappa shape index (κ3) is 6.23. The highest BCUT2D eigenvalue weighted by Gasteiger charge is 2.24. The summed E-state index contributed by atoms with van der Waals surface area (Å²) in [5.74, 6) is 2.70. The Labute approximate surface area is 162 Å². The minimum Gasteiger partial charge on any atom is -0.492 e. The van der Waals surface area contributed by atoms with Crippen molar-refractivity contribution in [1.29, 1.82) is 0 Å². The van der Waals surface area contributed by atoms with E-state index in [0.717, 1.165) is 35.5 Å². The summed E-state index contributed by atoms with van der Waals surface area (Å²) in [6.45, 7) is 2.06. The van der Waals surface area contributed by atoms with Gasteiger partial charge in [0.25, 0.3) is 0 Å². The highest BCUT2D eigenvalue weighted by molar-refractivity contribution is 7.16. The third-order valence-corrected chi connectivity index (χ3v) is 5.29. The van der Waals surface area contributed by atoms with Crippen LogP contribution >= 0.6 is 9.24 Å². The number of rotatable bonds is 14. The molecule has 4 nitrogen and oxygen atoms in total. The standard InChI is InChI=1S/C21H37O4P/c1-16-17(14-12-10-8-6-7-9-11-13-15-26)19(23-3)21(25-5)20(24-4)18(16)22-2/h6-15,26H2,1-5H3. The van der Waals surface area contributed by atoms with E-state index in [1.165, 1.54) is 51.1 Å². The van der Waals surface area contributed by atoms with Crippen molar-refractivity contribution in [2.45, 2.75) is 64.7 Å². The van der Waals surface area contributed by atoms with Crippen molar-refractivity contribution in [2.24, 2.45) is 0 Å². The van der Waals surface area contributed by atoms with E-state index in [1.54, 1.807) is 28.4 Å². The molecule has 0 aliphatic rings. The Balaban J connectivity index is 2.68. The van der Waals surface area contributed by atoms with Gasteiger partial charge in [-0.2, -0.15) is 0 Å². The Hall–Kier alpha value is -1.15. The van der Waals surface area contributed by atoms with Crippen LogP contribution in [0.2, 0.25) is 0 Å². The monoisotopic (exact) mass is 384 g/mol. The first-order chi connectivity index (χ1) is 12.7.